The number of halogens is 1. The average Bonchev–Trinajstić information content (AvgIpc) is 3.10. The van der Waals surface area contributed by atoms with E-state index >= 15 is 0 Å². The number of nitrogens with zero attached hydrogens (tertiary/aromatic N) is 3. The predicted molar refractivity (Wildman–Crippen MR) is 101 cm³/mol. The highest BCUT2D eigenvalue weighted by Crippen LogP contribution is 2.31. The van der Waals surface area contributed by atoms with Crippen LogP contribution in [0, 0.1) is 0 Å². The third kappa shape index (κ3) is 2.94. The van der Waals surface area contributed by atoms with Crippen LogP contribution in [0.15, 0.2) is 51.6 Å². The highest BCUT2D eigenvalue weighted by molar-refractivity contribution is 9.10. The fourth-order valence-corrected chi connectivity index (χ4v) is 3.48. The largest absolute Gasteiger partial charge is 0.460 e. The van der Waals surface area contributed by atoms with Gasteiger partial charge in [0, 0.05) is 41.6 Å². The molecule has 4 nitrogen and oxygen atoms in total. The summed E-state index contributed by atoms with van der Waals surface area (Å²) >= 11 is 3.49. The molecule has 1 fully saturated rings. The van der Waals surface area contributed by atoms with Crippen molar-refractivity contribution in [2.45, 2.75) is 6.92 Å². The van der Waals surface area contributed by atoms with Crippen LogP contribution in [-0.4, -0.2) is 42.6 Å². The monoisotopic (exact) mass is 385 g/mol. The number of piperazine rings is 1. The van der Waals surface area contributed by atoms with Gasteiger partial charge in [0.05, 0.1) is 12.0 Å². The molecule has 1 aromatic carbocycles. The summed E-state index contributed by atoms with van der Waals surface area (Å²) in [5.74, 6) is 0.964. The Morgan fingerprint density at radius 1 is 1.08 bits per heavy atom. The summed E-state index contributed by atoms with van der Waals surface area (Å²) in [7, 11) is 0. The van der Waals surface area contributed by atoms with Crippen molar-refractivity contribution in [3.63, 3.8) is 0 Å². The van der Waals surface area contributed by atoms with Crippen LogP contribution in [0.3, 0.4) is 0 Å². The number of likely N-dealkylation sites (N-methyl/N-ethyl adjacent to an activating group) is 1. The lowest BCUT2D eigenvalue weighted by Gasteiger charge is -2.34. The van der Waals surface area contributed by atoms with Crippen LogP contribution in [0.4, 0.5) is 5.82 Å². The molecule has 1 saturated heterocycles. The maximum Gasteiger partial charge on any atom is 0.176 e. The van der Waals surface area contributed by atoms with Crippen molar-refractivity contribution in [2.24, 2.45) is 0 Å². The molecule has 1 aliphatic rings. The number of hydrogen-bond acceptors (Lipinski definition) is 4. The molecule has 0 radical (unpaired) electrons. The van der Waals surface area contributed by atoms with Crippen LogP contribution >= 0.6 is 15.9 Å². The van der Waals surface area contributed by atoms with E-state index in [1.165, 1.54) is 0 Å². The summed E-state index contributed by atoms with van der Waals surface area (Å²) in [4.78, 5) is 9.76. The number of rotatable bonds is 3. The molecule has 3 aromatic rings. The van der Waals surface area contributed by atoms with Crippen LogP contribution in [-0.2, 0) is 0 Å². The van der Waals surface area contributed by atoms with Gasteiger partial charge in [0.2, 0.25) is 0 Å². The molecule has 4 rings (SSSR count). The van der Waals surface area contributed by atoms with Gasteiger partial charge in [-0.15, -0.1) is 0 Å². The van der Waals surface area contributed by atoms with Gasteiger partial charge in [-0.1, -0.05) is 35.0 Å². The van der Waals surface area contributed by atoms with Gasteiger partial charge in [-0.05, 0) is 30.8 Å². The van der Waals surface area contributed by atoms with Crippen LogP contribution < -0.4 is 4.90 Å². The van der Waals surface area contributed by atoms with Crippen LogP contribution in [0.2, 0.25) is 0 Å². The molecule has 1 aliphatic heterocycles. The lowest BCUT2D eigenvalue weighted by molar-refractivity contribution is 0.270. The minimum atomic E-state index is 0.890. The minimum Gasteiger partial charge on any atom is -0.460 e. The zero-order valence-electron chi connectivity index (χ0n) is 13.7. The zero-order valence-corrected chi connectivity index (χ0v) is 15.3. The van der Waals surface area contributed by atoms with E-state index in [0.29, 0.717) is 0 Å². The summed E-state index contributed by atoms with van der Waals surface area (Å²) in [5, 5.41) is 1.11. The Morgan fingerprint density at radius 3 is 2.54 bits per heavy atom. The topological polar surface area (TPSA) is 32.5 Å². The van der Waals surface area contributed by atoms with Crippen molar-refractivity contribution >= 4 is 32.7 Å². The van der Waals surface area contributed by atoms with Crippen molar-refractivity contribution in [1.82, 2.24) is 9.88 Å². The first-order valence-corrected chi connectivity index (χ1v) is 9.15. The summed E-state index contributed by atoms with van der Waals surface area (Å²) in [6.45, 7) is 7.44. The van der Waals surface area contributed by atoms with E-state index < -0.39 is 0 Å². The molecule has 0 aliphatic carbocycles. The summed E-state index contributed by atoms with van der Waals surface area (Å²) in [6.07, 6.45) is 1.75. The number of anilines is 1. The van der Waals surface area contributed by atoms with Crippen molar-refractivity contribution in [3.05, 3.63) is 47.1 Å². The summed E-state index contributed by atoms with van der Waals surface area (Å²) in [6, 6.07) is 12.4. The van der Waals surface area contributed by atoms with Gasteiger partial charge in [-0.25, -0.2) is 4.98 Å². The molecule has 5 heteroatoms. The van der Waals surface area contributed by atoms with E-state index in [4.69, 9.17) is 9.40 Å². The zero-order chi connectivity index (χ0) is 16.5. The van der Waals surface area contributed by atoms with Crippen LogP contribution in [0.25, 0.3) is 22.2 Å². The molecule has 0 bridgehead atoms. The van der Waals surface area contributed by atoms with E-state index in [1.807, 2.05) is 6.07 Å². The fourth-order valence-electron chi connectivity index (χ4n) is 3.22. The Balaban J connectivity index is 1.74. The molecule has 0 spiro atoms. The maximum atomic E-state index is 5.74. The van der Waals surface area contributed by atoms with Gasteiger partial charge in [0.25, 0.3) is 0 Å². The molecule has 0 amide bonds. The van der Waals surface area contributed by atoms with Gasteiger partial charge in [0.1, 0.15) is 0 Å². The highest BCUT2D eigenvalue weighted by atomic mass is 79.9. The van der Waals surface area contributed by atoms with Crippen molar-refractivity contribution < 1.29 is 4.42 Å². The van der Waals surface area contributed by atoms with Gasteiger partial charge in [0.15, 0.2) is 11.4 Å². The van der Waals surface area contributed by atoms with Crippen LogP contribution in [0.1, 0.15) is 6.92 Å². The van der Waals surface area contributed by atoms with Gasteiger partial charge in [-0.3, -0.25) is 0 Å². The molecule has 0 unspecified atom stereocenters. The maximum absolute atomic E-state index is 5.74. The third-order valence-corrected chi connectivity index (χ3v) is 5.21. The number of hydrogen-bond donors (Lipinski definition) is 0. The Labute approximate surface area is 150 Å². The first-order valence-electron chi connectivity index (χ1n) is 8.36. The standard InChI is InChI=1S/C19H20BrN3O/c1-2-22-8-10-23(11-9-22)19-18-15(7-12-24-18)13-17(21-19)14-3-5-16(20)6-4-14/h3-7,12-13H,2,8-11H2,1H3. The lowest BCUT2D eigenvalue weighted by atomic mass is 10.1. The minimum absolute atomic E-state index is 0.890. The second-order valence-corrected chi connectivity index (χ2v) is 7.01. The third-order valence-electron chi connectivity index (χ3n) is 4.68. The normalized spacial score (nSPS) is 16.0. The Morgan fingerprint density at radius 2 is 1.83 bits per heavy atom. The SMILES string of the molecule is CCN1CCN(c2nc(-c3ccc(Br)cc3)cc3ccoc23)CC1. The Kier molecular flexibility index (Phi) is 4.29. The first kappa shape index (κ1) is 15.7. The quantitative estimate of drug-likeness (QED) is 0.668. The number of aromatic nitrogens is 1. The second kappa shape index (κ2) is 6.57. The van der Waals surface area contributed by atoms with Crippen molar-refractivity contribution in [3.8, 4) is 11.3 Å². The summed E-state index contributed by atoms with van der Waals surface area (Å²) < 4.78 is 6.82. The smallest absolute Gasteiger partial charge is 0.176 e. The van der Waals surface area contributed by atoms with E-state index in [2.05, 4.69) is 63.0 Å². The van der Waals surface area contributed by atoms with E-state index in [-0.39, 0.29) is 0 Å². The molecule has 24 heavy (non-hydrogen) atoms. The highest BCUT2D eigenvalue weighted by Gasteiger charge is 2.21. The van der Waals surface area contributed by atoms with Gasteiger partial charge < -0.3 is 14.2 Å². The van der Waals surface area contributed by atoms with E-state index in [1.54, 1.807) is 6.26 Å². The second-order valence-electron chi connectivity index (χ2n) is 6.10. The number of furan rings is 1. The van der Waals surface area contributed by atoms with Crippen molar-refractivity contribution in [2.75, 3.05) is 37.6 Å². The first-order chi connectivity index (χ1) is 11.7. The fraction of sp³-hybridized carbons (Fsp3) is 0.316. The molecule has 124 valence electrons. The molecule has 3 heterocycles. The van der Waals surface area contributed by atoms with Crippen molar-refractivity contribution in [1.29, 1.82) is 0 Å². The number of pyridine rings is 1. The van der Waals surface area contributed by atoms with Gasteiger partial charge in [-0.2, -0.15) is 0 Å². The van der Waals surface area contributed by atoms with E-state index in [0.717, 1.165) is 65.2 Å². The molecule has 0 N–H and O–H groups in total. The van der Waals surface area contributed by atoms with Crippen LogP contribution in [0.5, 0.6) is 0 Å². The molecule has 0 saturated carbocycles. The number of benzene rings is 1. The lowest BCUT2D eigenvalue weighted by Crippen LogP contribution is -2.46. The Bertz CT molecular complexity index is 835. The summed E-state index contributed by atoms with van der Waals surface area (Å²) in [5.41, 5.74) is 3.00. The number of fused-ring (bicyclic) bond motifs is 1. The molecule has 0 atom stereocenters. The average molecular weight is 386 g/mol. The molecular weight excluding hydrogens is 366 g/mol. The van der Waals surface area contributed by atoms with Gasteiger partial charge >= 0.3 is 0 Å². The Hall–Kier alpha value is -1.85. The van der Waals surface area contributed by atoms with E-state index in [9.17, 15) is 0 Å². The molecular formula is C19H20BrN3O. The molecule has 2 aromatic heterocycles. The predicted octanol–water partition coefficient (Wildman–Crippen LogP) is 4.40.